The maximum atomic E-state index is 9.92. The summed E-state index contributed by atoms with van der Waals surface area (Å²) in [6, 6.07) is 5.78. The number of hydrogen-bond acceptors (Lipinski definition) is 4. The Labute approximate surface area is 93.8 Å². The highest BCUT2D eigenvalue weighted by molar-refractivity contribution is 5.05. The van der Waals surface area contributed by atoms with Crippen molar-refractivity contribution in [2.75, 3.05) is 0 Å². The molecule has 0 aliphatic rings. The van der Waals surface area contributed by atoms with Gasteiger partial charge in [-0.15, -0.1) is 5.10 Å². The fourth-order valence-corrected chi connectivity index (χ4v) is 1.58. The zero-order valence-electron chi connectivity index (χ0n) is 9.11. The van der Waals surface area contributed by atoms with Crippen LogP contribution in [-0.2, 0) is 13.5 Å². The van der Waals surface area contributed by atoms with Crippen LogP contribution < -0.4 is 0 Å². The molecule has 2 rings (SSSR count). The zero-order valence-corrected chi connectivity index (χ0v) is 9.11. The first-order valence-electron chi connectivity index (χ1n) is 5.20. The largest absolute Gasteiger partial charge is 0.387 e. The Bertz CT molecular complexity index is 440. The van der Waals surface area contributed by atoms with E-state index < -0.39 is 6.10 Å². The van der Waals surface area contributed by atoms with E-state index in [0.717, 1.165) is 17.8 Å². The van der Waals surface area contributed by atoms with Crippen LogP contribution in [0.15, 0.2) is 30.6 Å². The number of aliphatic hydroxyl groups is 1. The summed E-state index contributed by atoms with van der Waals surface area (Å²) in [4.78, 5) is 4.21. The van der Waals surface area contributed by atoms with Crippen LogP contribution in [0.3, 0.4) is 0 Å². The van der Waals surface area contributed by atoms with Crippen LogP contribution >= 0.6 is 0 Å². The molecular weight excluding hydrogens is 204 g/mol. The highest BCUT2D eigenvalue weighted by Crippen LogP contribution is 2.16. The van der Waals surface area contributed by atoms with Crippen LogP contribution in [0, 0.1) is 0 Å². The molecule has 0 aliphatic heterocycles. The second-order valence-corrected chi connectivity index (χ2v) is 3.66. The zero-order chi connectivity index (χ0) is 11.4. The predicted octanol–water partition coefficient (Wildman–Crippen LogP) is 0.876. The van der Waals surface area contributed by atoms with Crippen LogP contribution in [0.4, 0.5) is 0 Å². The van der Waals surface area contributed by atoms with Gasteiger partial charge in [-0.2, -0.15) is 0 Å². The maximum absolute atomic E-state index is 9.92. The average molecular weight is 218 g/mol. The smallest absolute Gasteiger partial charge is 0.0976 e. The molecule has 1 atom stereocenters. The molecule has 0 saturated carbocycles. The van der Waals surface area contributed by atoms with Crippen molar-refractivity contribution in [2.45, 2.75) is 18.9 Å². The minimum atomic E-state index is -0.540. The Morgan fingerprint density at radius 2 is 2.31 bits per heavy atom. The highest BCUT2D eigenvalue weighted by Gasteiger charge is 2.12. The standard InChI is InChI=1S/C11H14N4O/c1-15-10(8-13-14-15)11(16)6-5-9-4-2-3-7-12-9/h2-4,7-8,11,16H,5-6H2,1H3. The summed E-state index contributed by atoms with van der Waals surface area (Å²) in [5, 5.41) is 17.4. The molecule has 2 heterocycles. The number of aryl methyl sites for hydroxylation is 2. The van der Waals surface area contributed by atoms with E-state index >= 15 is 0 Å². The Balaban J connectivity index is 1.94. The Hall–Kier alpha value is -1.75. The average Bonchev–Trinajstić information content (AvgIpc) is 2.74. The van der Waals surface area contributed by atoms with Gasteiger partial charge in [-0.1, -0.05) is 11.3 Å². The van der Waals surface area contributed by atoms with Gasteiger partial charge < -0.3 is 5.11 Å². The quantitative estimate of drug-likeness (QED) is 0.827. The van der Waals surface area contributed by atoms with Crippen molar-refractivity contribution in [1.29, 1.82) is 0 Å². The van der Waals surface area contributed by atoms with Crippen LogP contribution in [-0.4, -0.2) is 25.1 Å². The fourth-order valence-electron chi connectivity index (χ4n) is 1.58. The van der Waals surface area contributed by atoms with Gasteiger partial charge in [0.05, 0.1) is 18.0 Å². The van der Waals surface area contributed by atoms with E-state index in [1.807, 2.05) is 18.2 Å². The van der Waals surface area contributed by atoms with Crippen molar-refractivity contribution in [3.05, 3.63) is 42.0 Å². The van der Waals surface area contributed by atoms with Crippen molar-refractivity contribution >= 4 is 0 Å². The van der Waals surface area contributed by atoms with Crippen molar-refractivity contribution in [3.63, 3.8) is 0 Å². The lowest BCUT2D eigenvalue weighted by molar-refractivity contribution is 0.158. The van der Waals surface area contributed by atoms with Crippen LogP contribution in [0.2, 0.25) is 0 Å². The molecule has 16 heavy (non-hydrogen) atoms. The third-order valence-corrected chi connectivity index (χ3v) is 2.49. The summed E-state index contributed by atoms with van der Waals surface area (Å²) in [7, 11) is 1.77. The first kappa shape index (κ1) is 10.8. The van der Waals surface area contributed by atoms with E-state index in [1.54, 1.807) is 24.1 Å². The van der Waals surface area contributed by atoms with E-state index in [9.17, 15) is 5.11 Å². The van der Waals surface area contributed by atoms with Gasteiger partial charge in [0.25, 0.3) is 0 Å². The normalized spacial score (nSPS) is 12.6. The van der Waals surface area contributed by atoms with Crippen molar-refractivity contribution in [3.8, 4) is 0 Å². The molecule has 2 aromatic heterocycles. The number of aliphatic hydroxyl groups excluding tert-OH is 1. The first-order valence-corrected chi connectivity index (χ1v) is 5.20. The molecule has 0 radical (unpaired) electrons. The van der Waals surface area contributed by atoms with Crippen LogP contribution in [0.25, 0.3) is 0 Å². The van der Waals surface area contributed by atoms with E-state index in [2.05, 4.69) is 15.3 Å². The first-order chi connectivity index (χ1) is 7.77. The lowest BCUT2D eigenvalue weighted by Crippen LogP contribution is -2.06. The van der Waals surface area contributed by atoms with E-state index in [-0.39, 0.29) is 0 Å². The lowest BCUT2D eigenvalue weighted by atomic mass is 10.1. The SMILES string of the molecule is Cn1nncc1C(O)CCc1ccccn1. The molecule has 0 bridgehead atoms. The molecule has 0 saturated heterocycles. The van der Waals surface area contributed by atoms with Gasteiger partial charge in [-0.05, 0) is 25.0 Å². The third-order valence-electron chi connectivity index (χ3n) is 2.49. The molecule has 0 amide bonds. The van der Waals surface area contributed by atoms with Gasteiger partial charge in [-0.3, -0.25) is 4.98 Å². The summed E-state index contributed by atoms with van der Waals surface area (Å²) in [5.74, 6) is 0. The third kappa shape index (κ3) is 2.43. The van der Waals surface area contributed by atoms with Crippen LogP contribution in [0.5, 0.6) is 0 Å². The number of nitrogens with zero attached hydrogens (tertiary/aromatic N) is 4. The summed E-state index contributed by atoms with van der Waals surface area (Å²) in [5.41, 5.74) is 1.72. The number of aromatic nitrogens is 4. The van der Waals surface area contributed by atoms with Gasteiger partial charge in [0.2, 0.25) is 0 Å². The maximum Gasteiger partial charge on any atom is 0.0976 e. The minimum absolute atomic E-state index is 0.540. The highest BCUT2D eigenvalue weighted by atomic mass is 16.3. The van der Waals surface area contributed by atoms with Crippen LogP contribution in [0.1, 0.15) is 23.9 Å². The van der Waals surface area contributed by atoms with Crippen molar-refractivity contribution in [1.82, 2.24) is 20.0 Å². The predicted molar refractivity (Wildman–Crippen MR) is 58.5 cm³/mol. The fraction of sp³-hybridized carbons (Fsp3) is 0.364. The molecule has 2 aromatic rings. The molecule has 0 aromatic carbocycles. The number of rotatable bonds is 4. The topological polar surface area (TPSA) is 63.8 Å². The van der Waals surface area contributed by atoms with Gasteiger partial charge in [0.1, 0.15) is 0 Å². The van der Waals surface area contributed by atoms with Gasteiger partial charge in [-0.25, -0.2) is 4.68 Å². The number of hydrogen-bond donors (Lipinski definition) is 1. The monoisotopic (exact) mass is 218 g/mol. The Kier molecular flexibility index (Phi) is 3.26. The molecule has 84 valence electrons. The molecule has 5 heteroatoms. The second kappa shape index (κ2) is 4.85. The Morgan fingerprint density at radius 3 is 2.94 bits per heavy atom. The van der Waals surface area contributed by atoms with E-state index in [0.29, 0.717) is 6.42 Å². The molecule has 0 aliphatic carbocycles. The van der Waals surface area contributed by atoms with Crippen molar-refractivity contribution in [2.24, 2.45) is 7.05 Å². The van der Waals surface area contributed by atoms with Gasteiger partial charge in [0, 0.05) is 18.9 Å². The number of pyridine rings is 1. The molecule has 1 N–H and O–H groups in total. The minimum Gasteiger partial charge on any atom is -0.387 e. The van der Waals surface area contributed by atoms with Crippen molar-refractivity contribution < 1.29 is 5.11 Å². The van der Waals surface area contributed by atoms with E-state index in [4.69, 9.17) is 0 Å². The molecule has 5 nitrogen and oxygen atoms in total. The molecular formula is C11H14N4O. The molecule has 1 unspecified atom stereocenters. The van der Waals surface area contributed by atoms with Gasteiger partial charge >= 0.3 is 0 Å². The summed E-state index contributed by atoms with van der Waals surface area (Å²) >= 11 is 0. The molecule has 0 spiro atoms. The Morgan fingerprint density at radius 1 is 1.44 bits per heavy atom. The lowest BCUT2D eigenvalue weighted by Gasteiger charge is -2.09. The second-order valence-electron chi connectivity index (χ2n) is 3.66. The van der Waals surface area contributed by atoms with E-state index in [1.165, 1.54) is 0 Å². The van der Waals surface area contributed by atoms with Gasteiger partial charge in [0.15, 0.2) is 0 Å². The summed E-state index contributed by atoms with van der Waals surface area (Å²) < 4.78 is 1.59. The summed E-state index contributed by atoms with van der Waals surface area (Å²) in [6.07, 6.45) is 4.17. The molecule has 0 fully saturated rings. The summed E-state index contributed by atoms with van der Waals surface area (Å²) in [6.45, 7) is 0.